The van der Waals surface area contributed by atoms with E-state index in [1.807, 2.05) is 24.3 Å². The summed E-state index contributed by atoms with van der Waals surface area (Å²) in [4.78, 5) is 27.1. The highest BCUT2D eigenvalue weighted by Crippen LogP contribution is 2.21. The minimum absolute atomic E-state index is 0.176. The number of rotatable bonds is 4. The van der Waals surface area contributed by atoms with Gasteiger partial charge in [-0.05, 0) is 55.7 Å². The van der Waals surface area contributed by atoms with Crippen molar-refractivity contribution in [3.05, 3.63) is 58.9 Å². The van der Waals surface area contributed by atoms with Crippen LogP contribution in [-0.2, 0) is 11.3 Å². The second-order valence-corrected chi connectivity index (χ2v) is 6.71. The van der Waals surface area contributed by atoms with E-state index in [4.69, 9.17) is 0 Å². The summed E-state index contributed by atoms with van der Waals surface area (Å²) in [6, 6.07) is 14.8. The van der Waals surface area contributed by atoms with E-state index in [1.165, 1.54) is 24.9 Å². The Kier molecular flexibility index (Phi) is 4.82. The first kappa shape index (κ1) is 17.2. The van der Waals surface area contributed by atoms with E-state index < -0.39 is 0 Å². The van der Waals surface area contributed by atoms with Gasteiger partial charge in [0, 0.05) is 24.5 Å². The first-order valence-corrected chi connectivity index (χ1v) is 9.18. The van der Waals surface area contributed by atoms with Crippen molar-refractivity contribution < 1.29 is 4.79 Å². The molecule has 2 heterocycles. The van der Waals surface area contributed by atoms with Crippen LogP contribution in [0.4, 0.5) is 11.4 Å². The predicted octanol–water partition coefficient (Wildman–Crippen LogP) is 2.42. The molecule has 7 heteroatoms. The summed E-state index contributed by atoms with van der Waals surface area (Å²) in [6.45, 7) is 1.98. The summed E-state index contributed by atoms with van der Waals surface area (Å²) >= 11 is 0. The Balaban J connectivity index is 1.43. The van der Waals surface area contributed by atoms with Crippen LogP contribution in [0.3, 0.4) is 0 Å². The van der Waals surface area contributed by atoms with E-state index in [0.29, 0.717) is 16.6 Å². The summed E-state index contributed by atoms with van der Waals surface area (Å²) in [6.07, 6.45) is 3.74. The van der Waals surface area contributed by atoms with Gasteiger partial charge in [-0.15, -0.1) is 5.10 Å². The predicted molar refractivity (Wildman–Crippen MR) is 105 cm³/mol. The topological polar surface area (TPSA) is 80.1 Å². The highest BCUT2D eigenvalue weighted by Gasteiger charge is 2.12. The molecular formula is C20H21N5O2. The van der Waals surface area contributed by atoms with Gasteiger partial charge in [-0.1, -0.05) is 17.3 Å². The third kappa shape index (κ3) is 3.81. The zero-order chi connectivity index (χ0) is 18.6. The zero-order valence-electron chi connectivity index (χ0n) is 15.0. The first-order valence-electron chi connectivity index (χ1n) is 9.18. The highest BCUT2D eigenvalue weighted by molar-refractivity contribution is 5.90. The van der Waals surface area contributed by atoms with Crippen molar-refractivity contribution in [3.63, 3.8) is 0 Å². The molecule has 4 rings (SSSR count). The number of piperidine rings is 1. The minimum Gasteiger partial charge on any atom is -0.372 e. The molecule has 0 saturated carbocycles. The normalized spacial score (nSPS) is 14.3. The van der Waals surface area contributed by atoms with Crippen LogP contribution in [0.15, 0.2) is 53.3 Å². The third-order valence-corrected chi connectivity index (χ3v) is 4.79. The SMILES string of the molecule is O=C(Cn1nnc2ccccc2c1=O)Nc1ccc(N2CCCCC2)cc1. The molecule has 1 aliphatic heterocycles. The fraction of sp³-hybridized carbons (Fsp3) is 0.300. The molecule has 1 fully saturated rings. The maximum absolute atomic E-state index is 12.4. The molecule has 3 aromatic rings. The van der Waals surface area contributed by atoms with E-state index >= 15 is 0 Å². The molecule has 0 radical (unpaired) electrons. The van der Waals surface area contributed by atoms with Gasteiger partial charge in [0.25, 0.3) is 5.56 Å². The number of carbonyl (C=O) groups excluding carboxylic acids is 1. The van der Waals surface area contributed by atoms with Crippen molar-refractivity contribution >= 4 is 28.2 Å². The third-order valence-electron chi connectivity index (χ3n) is 4.79. The summed E-state index contributed by atoms with van der Waals surface area (Å²) < 4.78 is 1.08. The number of nitrogens with zero attached hydrogens (tertiary/aromatic N) is 4. The highest BCUT2D eigenvalue weighted by atomic mass is 16.2. The van der Waals surface area contributed by atoms with Crippen LogP contribution in [-0.4, -0.2) is 34.0 Å². The zero-order valence-corrected chi connectivity index (χ0v) is 15.0. The van der Waals surface area contributed by atoms with Crippen LogP contribution in [0.5, 0.6) is 0 Å². The smallest absolute Gasteiger partial charge is 0.278 e. The molecule has 138 valence electrons. The number of benzene rings is 2. The molecular weight excluding hydrogens is 342 g/mol. The number of nitrogens with one attached hydrogen (secondary N) is 1. The molecule has 0 atom stereocenters. The Morgan fingerprint density at radius 2 is 1.74 bits per heavy atom. The standard InChI is InChI=1S/C20H21N5O2/c26-19(14-25-20(27)17-6-2-3-7-18(17)22-23-25)21-15-8-10-16(11-9-15)24-12-4-1-5-13-24/h2-3,6-11H,1,4-5,12-14H2,(H,21,26). The Morgan fingerprint density at radius 1 is 1.00 bits per heavy atom. The van der Waals surface area contributed by atoms with Gasteiger partial charge in [-0.25, -0.2) is 4.68 Å². The maximum atomic E-state index is 12.4. The molecule has 0 aliphatic carbocycles. The summed E-state index contributed by atoms with van der Waals surface area (Å²) in [5, 5.41) is 11.1. The Morgan fingerprint density at radius 3 is 2.52 bits per heavy atom. The van der Waals surface area contributed by atoms with Gasteiger partial charge in [-0.2, -0.15) is 0 Å². The minimum atomic E-state index is -0.323. The lowest BCUT2D eigenvalue weighted by Gasteiger charge is -2.28. The Bertz CT molecular complexity index is 1010. The summed E-state index contributed by atoms with van der Waals surface area (Å²) in [5.41, 5.74) is 2.07. The summed E-state index contributed by atoms with van der Waals surface area (Å²) in [5.74, 6) is -0.313. The van der Waals surface area contributed by atoms with Crippen molar-refractivity contribution in [1.82, 2.24) is 15.0 Å². The lowest BCUT2D eigenvalue weighted by Crippen LogP contribution is -2.30. The number of anilines is 2. The molecule has 0 spiro atoms. The van der Waals surface area contributed by atoms with Crippen molar-refractivity contribution in [1.29, 1.82) is 0 Å². The van der Waals surface area contributed by atoms with Gasteiger partial charge in [-0.3, -0.25) is 9.59 Å². The van der Waals surface area contributed by atoms with Gasteiger partial charge in [0.1, 0.15) is 12.1 Å². The number of carbonyl (C=O) groups is 1. The van der Waals surface area contributed by atoms with Crippen molar-refractivity contribution in [3.8, 4) is 0 Å². The Labute approximate surface area is 156 Å². The molecule has 1 saturated heterocycles. The lowest BCUT2D eigenvalue weighted by molar-refractivity contribution is -0.117. The van der Waals surface area contributed by atoms with Gasteiger partial charge in [0.2, 0.25) is 5.91 Å². The largest absolute Gasteiger partial charge is 0.372 e. The van der Waals surface area contributed by atoms with Gasteiger partial charge in [0.05, 0.1) is 5.39 Å². The van der Waals surface area contributed by atoms with Crippen LogP contribution in [0.1, 0.15) is 19.3 Å². The van der Waals surface area contributed by atoms with Gasteiger partial charge < -0.3 is 10.2 Å². The molecule has 7 nitrogen and oxygen atoms in total. The number of fused-ring (bicyclic) bond motifs is 1. The fourth-order valence-corrected chi connectivity index (χ4v) is 3.37. The number of hydrogen-bond donors (Lipinski definition) is 1. The van der Waals surface area contributed by atoms with Crippen molar-refractivity contribution in [2.45, 2.75) is 25.8 Å². The van der Waals surface area contributed by atoms with Crippen LogP contribution >= 0.6 is 0 Å². The van der Waals surface area contributed by atoms with Crippen LogP contribution in [0, 0.1) is 0 Å². The van der Waals surface area contributed by atoms with Crippen LogP contribution in [0.2, 0.25) is 0 Å². The van der Waals surface area contributed by atoms with E-state index in [1.54, 1.807) is 24.3 Å². The average molecular weight is 363 g/mol. The van der Waals surface area contributed by atoms with Gasteiger partial charge >= 0.3 is 0 Å². The van der Waals surface area contributed by atoms with Crippen molar-refractivity contribution in [2.24, 2.45) is 0 Å². The lowest BCUT2D eigenvalue weighted by atomic mass is 10.1. The molecule has 2 aromatic carbocycles. The van der Waals surface area contributed by atoms with E-state index in [0.717, 1.165) is 17.8 Å². The van der Waals surface area contributed by atoms with Crippen LogP contribution in [0.25, 0.3) is 10.9 Å². The van der Waals surface area contributed by atoms with E-state index in [-0.39, 0.29) is 18.0 Å². The van der Waals surface area contributed by atoms with E-state index in [2.05, 4.69) is 20.5 Å². The molecule has 0 unspecified atom stereocenters. The molecule has 1 aliphatic rings. The molecule has 1 aromatic heterocycles. The number of aromatic nitrogens is 3. The number of amides is 1. The molecule has 1 amide bonds. The molecule has 1 N–H and O–H groups in total. The van der Waals surface area contributed by atoms with Crippen molar-refractivity contribution in [2.75, 3.05) is 23.3 Å². The second-order valence-electron chi connectivity index (χ2n) is 6.71. The monoisotopic (exact) mass is 363 g/mol. The van der Waals surface area contributed by atoms with Crippen LogP contribution < -0.4 is 15.8 Å². The molecule has 27 heavy (non-hydrogen) atoms. The average Bonchev–Trinajstić information content (AvgIpc) is 2.71. The summed E-state index contributed by atoms with van der Waals surface area (Å²) in [7, 11) is 0. The van der Waals surface area contributed by atoms with Gasteiger partial charge in [0.15, 0.2) is 0 Å². The quantitative estimate of drug-likeness (QED) is 0.770. The van der Waals surface area contributed by atoms with E-state index in [9.17, 15) is 9.59 Å². The Hall–Kier alpha value is -3.22. The first-order chi connectivity index (χ1) is 13.2. The second kappa shape index (κ2) is 7.57. The maximum Gasteiger partial charge on any atom is 0.278 e. The number of hydrogen-bond acceptors (Lipinski definition) is 5. The molecule has 0 bridgehead atoms. The fourth-order valence-electron chi connectivity index (χ4n) is 3.37.